The molecule has 4 nitrogen and oxygen atoms in total. The van der Waals surface area contributed by atoms with Gasteiger partial charge in [-0.3, -0.25) is 4.79 Å². The Morgan fingerprint density at radius 1 is 1.26 bits per heavy atom. The lowest BCUT2D eigenvalue weighted by molar-refractivity contribution is -0.128. The van der Waals surface area contributed by atoms with Crippen LogP contribution in [0.4, 0.5) is 0 Å². The number of ether oxygens (including phenoxy) is 2. The average Bonchev–Trinajstić information content (AvgIpc) is 2.55. The van der Waals surface area contributed by atoms with E-state index < -0.39 is 6.10 Å². The maximum Gasteiger partial charge on any atom is 0.261 e. The van der Waals surface area contributed by atoms with Crippen molar-refractivity contribution in [3.63, 3.8) is 0 Å². The fourth-order valence-corrected chi connectivity index (χ4v) is 2.73. The van der Waals surface area contributed by atoms with Crippen LogP contribution in [0.2, 0.25) is 0 Å². The Kier molecular flexibility index (Phi) is 4.51. The molecule has 1 aliphatic heterocycles. The van der Waals surface area contributed by atoms with Crippen LogP contribution in [-0.4, -0.2) is 18.6 Å². The van der Waals surface area contributed by atoms with Gasteiger partial charge >= 0.3 is 0 Å². The number of amides is 1. The molecule has 23 heavy (non-hydrogen) atoms. The van der Waals surface area contributed by atoms with Gasteiger partial charge in [0.15, 0.2) is 6.10 Å². The minimum Gasteiger partial charge on any atom is -0.493 e. The lowest BCUT2D eigenvalue weighted by Crippen LogP contribution is -2.40. The van der Waals surface area contributed by atoms with Crippen LogP contribution in [-0.2, 0) is 4.79 Å². The molecule has 0 radical (unpaired) electrons. The van der Waals surface area contributed by atoms with Gasteiger partial charge in [-0.15, -0.1) is 0 Å². The number of benzene rings is 2. The summed E-state index contributed by atoms with van der Waals surface area (Å²) in [6, 6.07) is 15.5. The summed E-state index contributed by atoms with van der Waals surface area (Å²) in [4.78, 5) is 12.4. The Bertz CT molecular complexity index is 699. The summed E-state index contributed by atoms with van der Waals surface area (Å²) in [7, 11) is 0. The van der Waals surface area contributed by atoms with Gasteiger partial charge in [-0.1, -0.05) is 30.3 Å². The fourth-order valence-electron chi connectivity index (χ4n) is 2.73. The predicted octanol–water partition coefficient (Wildman–Crippen LogP) is 3.40. The van der Waals surface area contributed by atoms with Gasteiger partial charge in [0.25, 0.3) is 5.91 Å². The molecule has 0 aliphatic carbocycles. The lowest BCUT2D eigenvalue weighted by atomic mass is 10.0. The van der Waals surface area contributed by atoms with Gasteiger partial charge in [0.2, 0.25) is 0 Å². The van der Waals surface area contributed by atoms with Crippen molar-refractivity contribution in [1.29, 1.82) is 0 Å². The van der Waals surface area contributed by atoms with Crippen LogP contribution in [0.3, 0.4) is 0 Å². The average molecular weight is 311 g/mol. The molecular formula is C19H21NO3. The van der Waals surface area contributed by atoms with Crippen molar-refractivity contribution in [3.05, 3.63) is 59.7 Å². The smallest absolute Gasteiger partial charge is 0.261 e. The Hall–Kier alpha value is -2.49. The first-order valence-corrected chi connectivity index (χ1v) is 7.89. The quantitative estimate of drug-likeness (QED) is 0.941. The number of nitrogens with one attached hydrogen (secondary N) is 1. The minimum atomic E-state index is -0.549. The molecule has 2 aromatic carbocycles. The molecule has 0 spiro atoms. The SMILES string of the molecule is Cc1cccc(O[C@@H](C)C(=O)N[C@@H]2CCOc3ccccc32)c1. The predicted molar refractivity (Wildman–Crippen MR) is 88.7 cm³/mol. The van der Waals surface area contributed by atoms with Gasteiger partial charge in [0, 0.05) is 12.0 Å². The summed E-state index contributed by atoms with van der Waals surface area (Å²) in [5.41, 5.74) is 2.13. The van der Waals surface area contributed by atoms with Crippen LogP contribution in [0.5, 0.6) is 11.5 Å². The number of carbonyl (C=O) groups excluding carboxylic acids is 1. The molecule has 0 saturated carbocycles. The highest BCUT2D eigenvalue weighted by molar-refractivity contribution is 5.81. The van der Waals surface area contributed by atoms with E-state index in [0.717, 1.165) is 23.3 Å². The molecule has 0 aromatic heterocycles. The van der Waals surface area contributed by atoms with Crippen molar-refractivity contribution < 1.29 is 14.3 Å². The number of aryl methyl sites for hydroxylation is 1. The molecule has 3 rings (SSSR count). The van der Waals surface area contributed by atoms with E-state index in [1.807, 2.05) is 55.5 Å². The van der Waals surface area contributed by atoms with E-state index in [0.29, 0.717) is 12.4 Å². The Labute approximate surface area is 136 Å². The zero-order chi connectivity index (χ0) is 16.2. The van der Waals surface area contributed by atoms with E-state index in [9.17, 15) is 4.79 Å². The Balaban J connectivity index is 1.65. The van der Waals surface area contributed by atoms with Crippen LogP contribution in [0.15, 0.2) is 48.5 Å². The molecule has 1 amide bonds. The first-order valence-electron chi connectivity index (χ1n) is 7.89. The second-order valence-electron chi connectivity index (χ2n) is 5.81. The molecule has 1 N–H and O–H groups in total. The van der Waals surface area contributed by atoms with E-state index in [2.05, 4.69) is 5.32 Å². The summed E-state index contributed by atoms with van der Waals surface area (Å²) < 4.78 is 11.4. The van der Waals surface area contributed by atoms with Crippen molar-refractivity contribution in [3.8, 4) is 11.5 Å². The summed E-state index contributed by atoms with van der Waals surface area (Å²) >= 11 is 0. The Morgan fingerprint density at radius 2 is 2.09 bits per heavy atom. The number of hydrogen-bond donors (Lipinski definition) is 1. The van der Waals surface area contributed by atoms with Crippen LogP contribution in [0.1, 0.15) is 30.5 Å². The van der Waals surface area contributed by atoms with Gasteiger partial charge in [-0.05, 0) is 37.6 Å². The number of para-hydroxylation sites is 1. The van der Waals surface area contributed by atoms with Crippen molar-refractivity contribution >= 4 is 5.91 Å². The van der Waals surface area contributed by atoms with Gasteiger partial charge in [0.1, 0.15) is 11.5 Å². The van der Waals surface area contributed by atoms with Gasteiger partial charge in [-0.2, -0.15) is 0 Å². The van der Waals surface area contributed by atoms with Crippen LogP contribution in [0.25, 0.3) is 0 Å². The van der Waals surface area contributed by atoms with Gasteiger partial charge in [-0.25, -0.2) is 0 Å². The molecule has 0 fully saturated rings. The topological polar surface area (TPSA) is 47.6 Å². The molecular weight excluding hydrogens is 290 g/mol. The highest BCUT2D eigenvalue weighted by Gasteiger charge is 2.25. The normalized spacial score (nSPS) is 17.6. The molecule has 2 atom stereocenters. The first-order chi connectivity index (χ1) is 11.1. The third-order valence-electron chi connectivity index (χ3n) is 3.95. The van der Waals surface area contributed by atoms with Gasteiger partial charge < -0.3 is 14.8 Å². The zero-order valence-corrected chi connectivity index (χ0v) is 13.4. The van der Waals surface area contributed by atoms with Gasteiger partial charge in [0.05, 0.1) is 12.6 Å². The van der Waals surface area contributed by atoms with Crippen molar-refractivity contribution in [2.45, 2.75) is 32.4 Å². The van der Waals surface area contributed by atoms with E-state index in [1.54, 1.807) is 6.92 Å². The second kappa shape index (κ2) is 6.73. The maximum absolute atomic E-state index is 12.4. The molecule has 1 aliphatic rings. The molecule has 2 aromatic rings. The molecule has 120 valence electrons. The van der Waals surface area contributed by atoms with E-state index >= 15 is 0 Å². The summed E-state index contributed by atoms with van der Waals surface area (Å²) in [6.45, 7) is 4.37. The third kappa shape index (κ3) is 3.65. The Morgan fingerprint density at radius 3 is 2.91 bits per heavy atom. The molecule has 0 unspecified atom stereocenters. The van der Waals surface area contributed by atoms with Crippen LogP contribution in [0, 0.1) is 6.92 Å². The maximum atomic E-state index is 12.4. The largest absolute Gasteiger partial charge is 0.493 e. The van der Waals surface area contributed by atoms with E-state index in [1.165, 1.54) is 0 Å². The van der Waals surface area contributed by atoms with Crippen molar-refractivity contribution in [2.24, 2.45) is 0 Å². The first kappa shape index (κ1) is 15.4. The number of carbonyl (C=O) groups is 1. The molecule has 4 heteroatoms. The lowest BCUT2D eigenvalue weighted by Gasteiger charge is -2.27. The fraction of sp³-hybridized carbons (Fsp3) is 0.316. The third-order valence-corrected chi connectivity index (χ3v) is 3.95. The molecule has 1 heterocycles. The number of fused-ring (bicyclic) bond motifs is 1. The second-order valence-corrected chi connectivity index (χ2v) is 5.81. The van der Waals surface area contributed by atoms with Crippen molar-refractivity contribution in [1.82, 2.24) is 5.32 Å². The highest BCUT2D eigenvalue weighted by Crippen LogP contribution is 2.31. The summed E-state index contributed by atoms with van der Waals surface area (Å²) in [5, 5.41) is 3.07. The molecule has 0 bridgehead atoms. The summed E-state index contributed by atoms with van der Waals surface area (Å²) in [5.74, 6) is 1.43. The monoisotopic (exact) mass is 311 g/mol. The number of hydrogen-bond acceptors (Lipinski definition) is 3. The highest BCUT2D eigenvalue weighted by atomic mass is 16.5. The summed E-state index contributed by atoms with van der Waals surface area (Å²) in [6.07, 6.45) is 0.215. The molecule has 0 saturated heterocycles. The van der Waals surface area contributed by atoms with Crippen LogP contribution < -0.4 is 14.8 Å². The zero-order valence-electron chi connectivity index (χ0n) is 13.4. The van der Waals surface area contributed by atoms with E-state index in [4.69, 9.17) is 9.47 Å². The van der Waals surface area contributed by atoms with Crippen LogP contribution >= 0.6 is 0 Å². The van der Waals surface area contributed by atoms with Crippen molar-refractivity contribution in [2.75, 3.05) is 6.61 Å². The minimum absolute atomic E-state index is 0.0315. The van der Waals surface area contributed by atoms with E-state index in [-0.39, 0.29) is 11.9 Å². The standard InChI is InChI=1S/C19H21NO3/c1-13-6-5-7-15(12-13)23-14(2)19(21)20-17-10-11-22-18-9-4-3-8-16(17)18/h3-9,12,14,17H,10-11H2,1-2H3,(H,20,21)/t14-,17+/m0/s1. The number of rotatable bonds is 4.